The van der Waals surface area contributed by atoms with E-state index < -0.39 is 17.2 Å². The Morgan fingerprint density at radius 3 is 2.41 bits per heavy atom. The molecule has 27 heavy (non-hydrogen) atoms. The fourth-order valence-corrected chi connectivity index (χ4v) is 4.32. The van der Waals surface area contributed by atoms with Crippen LogP contribution in [0.2, 0.25) is 0 Å². The summed E-state index contributed by atoms with van der Waals surface area (Å²) in [5.74, 6) is 0.375. The smallest absolute Gasteiger partial charge is 0.410 e. The Hall–Kier alpha value is -1.80. The average molecular weight is 387 g/mol. The van der Waals surface area contributed by atoms with Crippen LogP contribution in [0.5, 0.6) is 0 Å². The maximum Gasteiger partial charge on any atom is 0.410 e. The molecule has 1 saturated heterocycles. The third-order valence-corrected chi connectivity index (χ3v) is 5.79. The van der Waals surface area contributed by atoms with Gasteiger partial charge in [-0.05, 0) is 52.4 Å². The van der Waals surface area contributed by atoms with Gasteiger partial charge >= 0.3 is 12.3 Å². The Labute approximate surface area is 155 Å². The molecule has 6 nitrogen and oxygen atoms in total. The Morgan fingerprint density at radius 1 is 1.26 bits per heavy atom. The predicted molar refractivity (Wildman–Crippen MR) is 87.9 cm³/mol. The number of rotatable bonds is 3. The molecule has 0 aromatic carbocycles. The highest BCUT2D eigenvalue weighted by Crippen LogP contribution is 2.58. The monoisotopic (exact) mass is 387 g/mol. The van der Waals surface area contributed by atoms with Crippen LogP contribution in [0.1, 0.15) is 58.2 Å². The number of aromatic nitrogens is 2. The van der Waals surface area contributed by atoms with Gasteiger partial charge < -0.3 is 14.2 Å². The minimum atomic E-state index is -4.34. The summed E-state index contributed by atoms with van der Waals surface area (Å²) in [6, 6.07) is 0. The lowest BCUT2D eigenvalue weighted by atomic mass is 9.57. The van der Waals surface area contributed by atoms with Crippen LogP contribution >= 0.6 is 0 Å². The maximum absolute atomic E-state index is 13.1. The molecule has 0 N–H and O–H groups in total. The Morgan fingerprint density at radius 2 is 1.89 bits per heavy atom. The van der Waals surface area contributed by atoms with E-state index in [0.29, 0.717) is 31.3 Å². The van der Waals surface area contributed by atoms with Crippen molar-refractivity contribution in [2.24, 2.45) is 11.3 Å². The molecule has 1 spiro atoms. The second-order valence-corrected chi connectivity index (χ2v) is 9.41. The van der Waals surface area contributed by atoms with Gasteiger partial charge in [0.15, 0.2) is 5.82 Å². The standard InChI is InChI=1S/C18H24F3N3O3/c1-15(2,3)26-14(25)24-9-16(10-24)7-11(8-16)6-12-22-13(27-23-12)17(4-5-17)18(19,20)21/h11H,4-10H2,1-3H3. The largest absolute Gasteiger partial charge is 0.444 e. The van der Waals surface area contributed by atoms with E-state index in [1.54, 1.807) is 4.90 Å². The Bertz CT molecular complexity index is 735. The van der Waals surface area contributed by atoms with Gasteiger partial charge in [0, 0.05) is 24.9 Å². The normalized spacial score (nSPS) is 23.7. The summed E-state index contributed by atoms with van der Waals surface area (Å²) in [6.45, 7) is 6.86. The van der Waals surface area contributed by atoms with Crippen molar-refractivity contribution in [3.63, 3.8) is 0 Å². The lowest BCUT2D eigenvalue weighted by Gasteiger charge is -2.58. The first-order valence-electron chi connectivity index (χ1n) is 9.29. The van der Waals surface area contributed by atoms with Gasteiger partial charge in [0.1, 0.15) is 11.0 Å². The number of halogens is 3. The lowest BCUT2D eigenvalue weighted by Crippen LogP contribution is -2.64. The van der Waals surface area contributed by atoms with Crippen LogP contribution in [-0.4, -0.2) is 46.0 Å². The van der Waals surface area contributed by atoms with Crippen LogP contribution in [0.25, 0.3) is 0 Å². The summed E-state index contributed by atoms with van der Waals surface area (Å²) in [6.07, 6.45) is -2.24. The van der Waals surface area contributed by atoms with Crippen molar-refractivity contribution in [2.75, 3.05) is 13.1 Å². The van der Waals surface area contributed by atoms with Crippen LogP contribution in [0, 0.1) is 11.3 Å². The molecule has 1 amide bonds. The van der Waals surface area contributed by atoms with E-state index in [1.807, 2.05) is 20.8 Å². The lowest BCUT2D eigenvalue weighted by molar-refractivity contribution is -0.166. The summed E-state index contributed by atoms with van der Waals surface area (Å²) >= 11 is 0. The van der Waals surface area contributed by atoms with E-state index >= 15 is 0 Å². The molecule has 150 valence electrons. The van der Waals surface area contributed by atoms with E-state index in [-0.39, 0.29) is 30.2 Å². The van der Waals surface area contributed by atoms with Gasteiger partial charge in [-0.2, -0.15) is 18.2 Å². The van der Waals surface area contributed by atoms with Gasteiger partial charge in [0.05, 0.1) is 0 Å². The minimum Gasteiger partial charge on any atom is -0.444 e. The van der Waals surface area contributed by atoms with Crippen molar-refractivity contribution in [3.8, 4) is 0 Å². The van der Waals surface area contributed by atoms with Gasteiger partial charge in [-0.3, -0.25) is 0 Å². The number of likely N-dealkylation sites (tertiary alicyclic amines) is 1. The highest BCUT2D eigenvalue weighted by molar-refractivity contribution is 5.69. The van der Waals surface area contributed by atoms with Crippen molar-refractivity contribution in [1.82, 2.24) is 15.0 Å². The SMILES string of the molecule is CC(C)(C)OC(=O)N1CC2(CC(Cc3noc(C4(C(F)(F)F)CC4)n3)C2)C1. The van der Waals surface area contributed by atoms with Crippen LogP contribution < -0.4 is 0 Å². The molecule has 0 radical (unpaired) electrons. The van der Waals surface area contributed by atoms with Crippen LogP contribution in [0.3, 0.4) is 0 Å². The zero-order chi connectivity index (χ0) is 19.7. The first-order valence-corrected chi connectivity index (χ1v) is 9.29. The summed E-state index contributed by atoms with van der Waals surface area (Å²) in [4.78, 5) is 17.7. The first kappa shape index (κ1) is 18.6. The first-order chi connectivity index (χ1) is 12.4. The molecule has 0 unspecified atom stereocenters. The van der Waals surface area contributed by atoms with Gasteiger partial charge in [-0.1, -0.05) is 5.16 Å². The fraction of sp³-hybridized carbons (Fsp3) is 0.833. The second kappa shape index (κ2) is 5.61. The van der Waals surface area contributed by atoms with Crippen LogP contribution in [0.15, 0.2) is 4.52 Å². The van der Waals surface area contributed by atoms with Crippen molar-refractivity contribution >= 4 is 6.09 Å². The van der Waals surface area contributed by atoms with Gasteiger partial charge in [0.25, 0.3) is 0 Å². The number of carbonyl (C=O) groups is 1. The van der Waals surface area contributed by atoms with Gasteiger partial charge in [-0.25, -0.2) is 4.79 Å². The van der Waals surface area contributed by atoms with Crippen molar-refractivity contribution in [1.29, 1.82) is 0 Å². The third kappa shape index (κ3) is 3.29. The third-order valence-electron chi connectivity index (χ3n) is 5.79. The Kier molecular flexibility index (Phi) is 3.85. The molecule has 3 aliphatic rings. The zero-order valence-electron chi connectivity index (χ0n) is 15.7. The molecule has 0 bridgehead atoms. The molecule has 0 atom stereocenters. The van der Waals surface area contributed by atoms with Gasteiger partial charge in [0.2, 0.25) is 5.89 Å². The van der Waals surface area contributed by atoms with Crippen molar-refractivity contribution in [2.45, 2.75) is 70.1 Å². The Balaban J connectivity index is 1.26. The van der Waals surface area contributed by atoms with E-state index in [4.69, 9.17) is 9.26 Å². The van der Waals surface area contributed by atoms with E-state index in [9.17, 15) is 18.0 Å². The van der Waals surface area contributed by atoms with Crippen LogP contribution in [-0.2, 0) is 16.6 Å². The van der Waals surface area contributed by atoms with E-state index in [1.165, 1.54) is 0 Å². The average Bonchev–Trinajstić information content (AvgIpc) is 3.12. The number of nitrogens with zero attached hydrogens (tertiary/aromatic N) is 3. The molecule has 1 aromatic heterocycles. The predicted octanol–water partition coefficient (Wildman–Crippen LogP) is 3.85. The summed E-state index contributed by atoms with van der Waals surface area (Å²) in [5.41, 5.74) is -2.30. The molecule has 2 aliphatic carbocycles. The minimum absolute atomic E-state index is 0.0190. The molecule has 2 heterocycles. The summed E-state index contributed by atoms with van der Waals surface area (Å²) in [7, 11) is 0. The highest BCUT2D eigenvalue weighted by atomic mass is 19.4. The number of alkyl halides is 3. The van der Waals surface area contributed by atoms with E-state index in [0.717, 1.165) is 12.8 Å². The molecular weight excluding hydrogens is 363 g/mol. The second-order valence-electron chi connectivity index (χ2n) is 9.41. The zero-order valence-corrected chi connectivity index (χ0v) is 15.7. The van der Waals surface area contributed by atoms with E-state index in [2.05, 4.69) is 10.1 Å². The fourth-order valence-electron chi connectivity index (χ4n) is 4.32. The number of hydrogen-bond donors (Lipinski definition) is 0. The quantitative estimate of drug-likeness (QED) is 0.788. The maximum atomic E-state index is 13.1. The molecular formula is C18H24F3N3O3. The topological polar surface area (TPSA) is 68.5 Å². The summed E-state index contributed by atoms with van der Waals surface area (Å²) < 4.78 is 49.6. The number of hydrogen-bond acceptors (Lipinski definition) is 5. The number of ether oxygens (including phenoxy) is 1. The number of amides is 1. The van der Waals surface area contributed by atoms with Crippen molar-refractivity contribution < 1.29 is 27.2 Å². The molecule has 3 fully saturated rings. The van der Waals surface area contributed by atoms with Crippen molar-refractivity contribution in [3.05, 3.63) is 11.7 Å². The van der Waals surface area contributed by atoms with Crippen LogP contribution in [0.4, 0.5) is 18.0 Å². The molecule has 1 aromatic rings. The molecule has 2 saturated carbocycles. The highest BCUT2D eigenvalue weighted by Gasteiger charge is 2.68. The summed E-state index contributed by atoms with van der Waals surface area (Å²) in [5, 5.41) is 3.76. The molecule has 9 heteroatoms. The molecule has 4 rings (SSSR count). The number of carbonyl (C=O) groups excluding carboxylic acids is 1. The van der Waals surface area contributed by atoms with Gasteiger partial charge in [-0.15, -0.1) is 0 Å². The molecule has 1 aliphatic heterocycles.